The topological polar surface area (TPSA) is 18.5 Å². The second-order valence-corrected chi connectivity index (χ2v) is 6.54. The fourth-order valence-electron chi connectivity index (χ4n) is 2.13. The maximum absolute atomic E-state index is 13.2. The van der Waals surface area contributed by atoms with Crippen LogP contribution in [0.2, 0.25) is 5.02 Å². The van der Waals surface area contributed by atoms with Crippen molar-refractivity contribution in [3.63, 3.8) is 0 Å². The molecule has 6 heteroatoms. The lowest BCUT2D eigenvalue weighted by Gasteiger charge is -2.11. The molecule has 0 saturated heterocycles. The molecule has 128 valence electrons. The SMILES string of the molecule is Fc1cc(F)cc(Oc2ccc(OCc3ccc(Br)cc3)c(Cl)c2)c1. The van der Waals surface area contributed by atoms with Crippen LogP contribution in [-0.2, 0) is 6.61 Å². The molecule has 0 heterocycles. The normalized spacial score (nSPS) is 10.6. The van der Waals surface area contributed by atoms with Crippen molar-refractivity contribution in [3.05, 3.63) is 87.4 Å². The van der Waals surface area contributed by atoms with Gasteiger partial charge in [-0.3, -0.25) is 0 Å². The highest BCUT2D eigenvalue weighted by molar-refractivity contribution is 9.10. The highest BCUT2D eigenvalue weighted by Crippen LogP contribution is 2.32. The molecule has 2 nitrogen and oxygen atoms in total. The molecule has 0 unspecified atom stereocenters. The van der Waals surface area contributed by atoms with Crippen molar-refractivity contribution >= 4 is 27.5 Å². The Bertz CT molecular complexity index is 865. The average molecular weight is 426 g/mol. The molecule has 0 fully saturated rings. The Morgan fingerprint density at radius 3 is 2.16 bits per heavy atom. The van der Waals surface area contributed by atoms with Gasteiger partial charge < -0.3 is 9.47 Å². The maximum Gasteiger partial charge on any atom is 0.138 e. The number of rotatable bonds is 5. The summed E-state index contributed by atoms with van der Waals surface area (Å²) in [5, 5.41) is 0.339. The summed E-state index contributed by atoms with van der Waals surface area (Å²) in [6, 6.07) is 15.5. The Labute approximate surface area is 157 Å². The van der Waals surface area contributed by atoms with Crippen LogP contribution in [0, 0.1) is 11.6 Å². The van der Waals surface area contributed by atoms with Gasteiger partial charge >= 0.3 is 0 Å². The van der Waals surface area contributed by atoms with Crippen molar-refractivity contribution < 1.29 is 18.3 Å². The van der Waals surface area contributed by atoms with E-state index in [4.69, 9.17) is 21.1 Å². The van der Waals surface area contributed by atoms with E-state index >= 15 is 0 Å². The summed E-state index contributed by atoms with van der Waals surface area (Å²) in [6.07, 6.45) is 0. The Balaban J connectivity index is 1.68. The fraction of sp³-hybridized carbons (Fsp3) is 0.0526. The van der Waals surface area contributed by atoms with Crippen LogP contribution < -0.4 is 9.47 Å². The summed E-state index contributed by atoms with van der Waals surface area (Å²) in [5.41, 5.74) is 0.995. The van der Waals surface area contributed by atoms with Crippen LogP contribution >= 0.6 is 27.5 Å². The molecule has 0 amide bonds. The first-order valence-corrected chi connectivity index (χ1v) is 8.47. The molecular weight excluding hydrogens is 414 g/mol. The second kappa shape index (κ2) is 7.85. The molecule has 3 aromatic rings. The molecular formula is C19H12BrClF2O2. The summed E-state index contributed by atoms with van der Waals surface area (Å²) in [5.74, 6) is -0.531. The number of ether oxygens (including phenoxy) is 2. The third-order valence-corrected chi connectivity index (χ3v) is 4.11. The van der Waals surface area contributed by atoms with E-state index in [1.807, 2.05) is 24.3 Å². The van der Waals surface area contributed by atoms with Gasteiger partial charge in [-0.1, -0.05) is 39.7 Å². The van der Waals surface area contributed by atoms with Gasteiger partial charge in [-0.25, -0.2) is 8.78 Å². The van der Waals surface area contributed by atoms with Gasteiger partial charge in [0, 0.05) is 28.7 Å². The molecule has 0 radical (unpaired) electrons. The maximum atomic E-state index is 13.2. The molecule has 0 aliphatic carbocycles. The standard InChI is InChI=1S/C19H12BrClF2O2/c20-13-3-1-12(2-4-13)11-24-19-6-5-16(10-18(19)21)25-17-8-14(22)7-15(23)9-17/h1-10H,11H2. The van der Waals surface area contributed by atoms with E-state index in [0.717, 1.165) is 28.2 Å². The van der Waals surface area contributed by atoms with Crippen LogP contribution in [0.4, 0.5) is 8.78 Å². The van der Waals surface area contributed by atoms with E-state index in [9.17, 15) is 8.78 Å². The fourth-order valence-corrected chi connectivity index (χ4v) is 2.62. The Morgan fingerprint density at radius 2 is 1.52 bits per heavy atom. The third kappa shape index (κ3) is 4.94. The molecule has 0 saturated carbocycles. The predicted molar refractivity (Wildman–Crippen MR) is 96.4 cm³/mol. The highest BCUT2D eigenvalue weighted by atomic mass is 79.9. The largest absolute Gasteiger partial charge is 0.487 e. The smallest absolute Gasteiger partial charge is 0.138 e. The van der Waals surface area contributed by atoms with Crippen molar-refractivity contribution in [2.75, 3.05) is 0 Å². The average Bonchev–Trinajstić information content (AvgIpc) is 2.55. The lowest BCUT2D eigenvalue weighted by Crippen LogP contribution is -1.96. The van der Waals surface area contributed by atoms with Crippen LogP contribution in [0.1, 0.15) is 5.56 Å². The monoisotopic (exact) mass is 424 g/mol. The van der Waals surface area contributed by atoms with E-state index in [2.05, 4.69) is 15.9 Å². The van der Waals surface area contributed by atoms with Crippen LogP contribution in [0.15, 0.2) is 65.1 Å². The third-order valence-electron chi connectivity index (χ3n) is 3.28. The molecule has 25 heavy (non-hydrogen) atoms. The van der Waals surface area contributed by atoms with Gasteiger partial charge in [0.05, 0.1) is 5.02 Å². The van der Waals surface area contributed by atoms with Gasteiger partial charge in [-0.05, 0) is 29.8 Å². The lowest BCUT2D eigenvalue weighted by atomic mass is 10.2. The van der Waals surface area contributed by atoms with Crippen LogP contribution in [0.3, 0.4) is 0 Å². The number of benzene rings is 3. The predicted octanol–water partition coefficient (Wildman–Crippen LogP) is 6.75. The summed E-state index contributed by atoms with van der Waals surface area (Å²) >= 11 is 9.56. The lowest BCUT2D eigenvalue weighted by molar-refractivity contribution is 0.306. The molecule has 0 spiro atoms. The van der Waals surface area contributed by atoms with Crippen LogP contribution in [0.5, 0.6) is 17.2 Å². The van der Waals surface area contributed by atoms with Gasteiger partial charge in [-0.15, -0.1) is 0 Å². The van der Waals surface area contributed by atoms with E-state index in [-0.39, 0.29) is 5.75 Å². The summed E-state index contributed by atoms with van der Waals surface area (Å²) in [7, 11) is 0. The first kappa shape index (κ1) is 17.7. The van der Waals surface area contributed by atoms with Crippen molar-refractivity contribution in [1.82, 2.24) is 0 Å². The van der Waals surface area contributed by atoms with Crippen LogP contribution in [-0.4, -0.2) is 0 Å². The van der Waals surface area contributed by atoms with Crippen molar-refractivity contribution in [3.8, 4) is 17.2 Å². The van der Waals surface area contributed by atoms with Crippen molar-refractivity contribution in [2.45, 2.75) is 6.61 Å². The van der Waals surface area contributed by atoms with Gasteiger partial charge in [0.2, 0.25) is 0 Å². The molecule has 3 aromatic carbocycles. The minimum atomic E-state index is -0.712. The minimum absolute atomic E-state index is 0.0529. The molecule has 0 aliphatic rings. The quantitative estimate of drug-likeness (QED) is 0.450. The zero-order valence-corrected chi connectivity index (χ0v) is 15.2. The molecule has 0 atom stereocenters. The van der Waals surface area contributed by atoms with E-state index in [1.54, 1.807) is 12.1 Å². The van der Waals surface area contributed by atoms with Crippen LogP contribution in [0.25, 0.3) is 0 Å². The number of halogens is 4. The van der Waals surface area contributed by atoms with E-state index < -0.39 is 11.6 Å². The summed E-state index contributed by atoms with van der Waals surface area (Å²) < 4.78 is 38.5. The molecule has 0 aromatic heterocycles. The zero-order chi connectivity index (χ0) is 17.8. The zero-order valence-electron chi connectivity index (χ0n) is 12.8. The molecule has 0 bridgehead atoms. The summed E-state index contributed by atoms with van der Waals surface area (Å²) in [6.45, 7) is 0.363. The Hall–Kier alpha value is -2.11. The first-order valence-electron chi connectivity index (χ1n) is 7.30. The first-order chi connectivity index (χ1) is 12.0. The highest BCUT2D eigenvalue weighted by Gasteiger charge is 2.07. The van der Waals surface area contributed by atoms with E-state index in [0.29, 0.717) is 23.1 Å². The summed E-state index contributed by atoms with van der Waals surface area (Å²) in [4.78, 5) is 0. The number of hydrogen-bond acceptors (Lipinski definition) is 2. The minimum Gasteiger partial charge on any atom is -0.487 e. The molecule has 3 rings (SSSR count). The van der Waals surface area contributed by atoms with Gasteiger partial charge in [-0.2, -0.15) is 0 Å². The van der Waals surface area contributed by atoms with E-state index in [1.165, 1.54) is 6.07 Å². The Morgan fingerprint density at radius 1 is 0.840 bits per heavy atom. The van der Waals surface area contributed by atoms with Crippen molar-refractivity contribution in [1.29, 1.82) is 0 Å². The van der Waals surface area contributed by atoms with Gasteiger partial charge in [0.1, 0.15) is 35.5 Å². The Kier molecular flexibility index (Phi) is 5.56. The van der Waals surface area contributed by atoms with Gasteiger partial charge in [0.25, 0.3) is 0 Å². The second-order valence-electron chi connectivity index (χ2n) is 5.21. The van der Waals surface area contributed by atoms with Crippen molar-refractivity contribution in [2.24, 2.45) is 0 Å². The van der Waals surface area contributed by atoms with Gasteiger partial charge in [0.15, 0.2) is 0 Å². The molecule has 0 N–H and O–H groups in total. The molecule has 0 aliphatic heterocycles. The number of hydrogen-bond donors (Lipinski definition) is 0.